The molecular weight excluding hydrogens is 407 g/mol. The van der Waals surface area contributed by atoms with Crippen molar-refractivity contribution >= 4 is 43.2 Å². The van der Waals surface area contributed by atoms with Gasteiger partial charge in [0.15, 0.2) is 0 Å². The van der Waals surface area contributed by atoms with Gasteiger partial charge in [0.05, 0.1) is 11.0 Å². The number of benzene rings is 2. The zero-order valence-electron chi connectivity index (χ0n) is 10.9. The summed E-state index contributed by atoms with van der Waals surface area (Å²) in [7, 11) is 0. The molecule has 0 aliphatic rings. The second kappa shape index (κ2) is 6.53. The monoisotopic (exact) mass is 416 g/mol. The first-order valence-electron chi connectivity index (χ1n) is 6.04. The molecule has 0 aliphatic heterocycles. The van der Waals surface area contributed by atoms with E-state index in [0.29, 0.717) is 15.7 Å². The summed E-state index contributed by atoms with van der Waals surface area (Å²) in [6, 6.07) is 8.89. The van der Waals surface area contributed by atoms with Crippen LogP contribution in [0.25, 0.3) is 0 Å². The standard InChI is InChI=1S/C14H11Br2FN2O2/c1-8(11-6-9(15)2-4-12(11)17)18-13-5-3-10(16)7-14(13)19(20)21/h2-8,18H,1H3. The summed E-state index contributed by atoms with van der Waals surface area (Å²) in [4.78, 5) is 10.6. The van der Waals surface area contributed by atoms with Gasteiger partial charge in [-0.1, -0.05) is 31.9 Å². The fraction of sp³-hybridized carbons (Fsp3) is 0.143. The summed E-state index contributed by atoms with van der Waals surface area (Å²) in [6.07, 6.45) is 0. The third-order valence-corrected chi connectivity index (χ3v) is 3.94. The Morgan fingerprint density at radius 3 is 2.48 bits per heavy atom. The highest BCUT2D eigenvalue weighted by molar-refractivity contribution is 9.10. The lowest BCUT2D eigenvalue weighted by molar-refractivity contribution is -0.384. The predicted molar refractivity (Wildman–Crippen MR) is 86.9 cm³/mol. The molecule has 0 aliphatic carbocycles. The van der Waals surface area contributed by atoms with E-state index in [2.05, 4.69) is 37.2 Å². The second-order valence-corrected chi connectivity index (χ2v) is 6.28. The summed E-state index contributed by atoms with van der Waals surface area (Å²) in [5.74, 6) is -0.363. The maximum atomic E-state index is 13.8. The number of nitro benzene ring substituents is 1. The van der Waals surface area contributed by atoms with Crippen LogP contribution in [0.15, 0.2) is 45.3 Å². The molecule has 7 heteroatoms. The molecule has 0 saturated carbocycles. The molecule has 21 heavy (non-hydrogen) atoms. The maximum Gasteiger partial charge on any atom is 0.293 e. The second-order valence-electron chi connectivity index (χ2n) is 4.45. The van der Waals surface area contributed by atoms with Crippen LogP contribution in [0.3, 0.4) is 0 Å². The number of nitrogens with zero attached hydrogens (tertiary/aromatic N) is 1. The van der Waals surface area contributed by atoms with Crippen molar-refractivity contribution in [2.75, 3.05) is 5.32 Å². The number of rotatable bonds is 4. The molecule has 0 bridgehead atoms. The number of hydrogen-bond donors (Lipinski definition) is 1. The first-order valence-corrected chi connectivity index (χ1v) is 7.62. The van der Waals surface area contributed by atoms with Gasteiger partial charge in [0, 0.05) is 20.6 Å². The fourth-order valence-electron chi connectivity index (χ4n) is 1.94. The number of nitrogens with one attached hydrogen (secondary N) is 1. The highest BCUT2D eigenvalue weighted by Crippen LogP contribution is 2.32. The van der Waals surface area contributed by atoms with Gasteiger partial charge in [-0.3, -0.25) is 10.1 Å². The quantitative estimate of drug-likeness (QED) is 0.532. The number of anilines is 1. The molecule has 0 amide bonds. The molecule has 0 heterocycles. The van der Waals surface area contributed by atoms with Crippen LogP contribution in [-0.4, -0.2) is 4.92 Å². The maximum absolute atomic E-state index is 13.8. The van der Waals surface area contributed by atoms with E-state index in [0.717, 1.165) is 4.47 Å². The lowest BCUT2D eigenvalue weighted by Gasteiger charge is -2.17. The summed E-state index contributed by atoms with van der Waals surface area (Å²) in [5, 5.41) is 14.1. The van der Waals surface area contributed by atoms with Gasteiger partial charge in [-0.25, -0.2) is 4.39 Å². The molecule has 1 atom stereocenters. The largest absolute Gasteiger partial charge is 0.373 e. The smallest absolute Gasteiger partial charge is 0.293 e. The van der Waals surface area contributed by atoms with Crippen molar-refractivity contribution in [2.45, 2.75) is 13.0 Å². The number of nitro groups is 1. The highest BCUT2D eigenvalue weighted by Gasteiger charge is 2.18. The van der Waals surface area contributed by atoms with Crippen molar-refractivity contribution in [3.8, 4) is 0 Å². The van der Waals surface area contributed by atoms with Crippen LogP contribution in [0.2, 0.25) is 0 Å². The van der Waals surface area contributed by atoms with Gasteiger partial charge in [0.25, 0.3) is 5.69 Å². The molecule has 2 aromatic carbocycles. The molecule has 0 fully saturated rings. The highest BCUT2D eigenvalue weighted by atomic mass is 79.9. The van der Waals surface area contributed by atoms with Crippen molar-refractivity contribution in [1.29, 1.82) is 0 Å². The Balaban J connectivity index is 2.33. The van der Waals surface area contributed by atoms with Crippen molar-refractivity contribution < 1.29 is 9.31 Å². The first-order chi connectivity index (χ1) is 9.88. The Morgan fingerprint density at radius 1 is 1.19 bits per heavy atom. The van der Waals surface area contributed by atoms with Gasteiger partial charge in [-0.2, -0.15) is 0 Å². The summed E-state index contributed by atoms with van der Waals surface area (Å²) in [6.45, 7) is 1.75. The first kappa shape index (κ1) is 15.9. The molecule has 0 spiro atoms. The van der Waals surface area contributed by atoms with E-state index in [4.69, 9.17) is 0 Å². The average Bonchev–Trinajstić information content (AvgIpc) is 2.43. The molecule has 4 nitrogen and oxygen atoms in total. The Kier molecular flexibility index (Phi) is 4.95. The average molecular weight is 418 g/mol. The summed E-state index contributed by atoms with van der Waals surface area (Å²) >= 11 is 6.49. The lowest BCUT2D eigenvalue weighted by atomic mass is 10.1. The third kappa shape index (κ3) is 3.79. The van der Waals surface area contributed by atoms with Crippen LogP contribution in [0.5, 0.6) is 0 Å². The fourth-order valence-corrected chi connectivity index (χ4v) is 2.66. The molecule has 0 aromatic heterocycles. The molecule has 2 rings (SSSR count). The van der Waals surface area contributed by atoms with E-state index in [1.807, 2.05) is 0 Å². The SMILES string of the molecule is CC(Nc1ccc(Br)cc1[N+](=O)[O-])c1cc(Br)ccc1F. The van der Waals surface area contributed by atoms with Crippen molar-refractivity contribution in [3.05, 3.63) is 66.8 Å². The Morgan fingerprint density at radius 2 is 1.81 bits per heavy atom. The van der Waals surface area contributed by atoms with Crippen LogP contribution >= 0.6 is 31.9 Å². The normalized spacial score (nSPS) is 12.0. The van der Waals surface area contributed by atoms with E-state index in [1.165, 1.54) is 12.1 Å². The van der Waals surface area contributed by atoms with E-state index in [1.54, 1.807) is 31.2 Å². The molecule has 2 aromatic rings. The zero-order chi connectivity index (χ0) is 15.6. The van der Waals surface area contributed by atoms with Gasteiger partial charge in [0.1, 0.15) is 11.5 Å². The van der Waals surface area contributed by atoms with Crippen molar-refractivity contribution in [2.24, 2.45) is 0 Å². The summed E-state index contributed by atoms with van der Waals surface area (Å²) in [5.41, 5.74) is 0.711. The molecule has 0 saturated heterocycles. The Bertz CT molecular complexity index is 695. The summed E-state index contributed by atoms with van der Waals surface area (Å²) < 4.78 is 15.2. The minimum absolute atomic E-state index is 0.0633. The third-order valence-electron chi connectivity index (χ3n) is 2.95. The van der Waals surface area contributed by atoms with E-state index in [-0.39, 0.29) is 11.5 Å². The van der Waals surface area contributed by atoms with Crippen molar-refractivity contribution in [1.82, 2.24) is 0 Å². The molecule has 1 unspecified atom stereocenters. The molecule has 1 N–H and O–H groups in total. The molecular formula is C14H11Br2FN2O2. The van der Waals surface area contributed by atoms with Gasteiger partial charge in [-0.05, 0) is 37.3 Å². The van der Waals surface area contributed by atoms with Crippen molar-refractivity contribution in [3.63, 3.8) is 0 Å². The van der Waals surface area contributed by atoms with E-state index < -0.39 is 11.0 Å². The van der Waals surface area contributed by atoms with Crippen LogP contribution in [0.1, 0.15) is 18.5 Å². The number of halogens is 3. The molecule has 0 radical (unpaired) electrons. The van der Waals surface area contributed by atoms with Gasteiger partial charge < -0.3 is 5.32 Å². The topological polar surface area (TPSA) is 55.2 Å². The minimum atomic E-state index is -0.475. The molecule has 110 valence electrons. The Labute approximate surface area is 137 Å². The van der Waals surface area contributed by atoms with E-state index in [9.17, 15) is 14.5 Å². The van der Waals surface area contributed by atoms with Gasteiger partial charge >= 0.3 is 0 Å². The van der Waals surface area contributed by atoms with Crippen LogP contribution < -0.4 is 5.32 Å². The van der Waals surface area contributed by atoms with Gasteiger partial charge in [0.2, 0.25) is 0 Å². The zero-order valence-corrected chi connectivity index (χ0v) is 14.1. The van der Waals surface area contributed by atoms with Crippen LogP contribution in [0, 0.1) is 15.9 Å². The Hall–Kier alpha value is -1.47. The van der Waals surface area contributed by atoms with Crippen LogP contribution in [-0.2, 0) is 0 Å². The van der Waals surface area contributed by atoms with Gasteiger partial charge in [-0.15, -0.1) is 0 Å². The number of hydrogen-bond acceptors (Lipinski definition) is 3. The van der Waals surface area contributed by atoms with Crippen LogP contribution in [0.4, 0.5) is 15.8 Å². The van der Waals surface area contributed by atoms with E-state index >= 15 is 0 Å². The lowest BCUT2D eigenvalue weighted by Crippen LogP contribution is -2.10. The minimum Gasteiger partial charge on any atom is -0.373 e. The predicted octanol–water partition coefficient (Wildman–Crippen LogP) is 5.43.